The highest BCUT2D eigenvalue weighted by atomic mass is 16.6. The van der Waals surface area contributed by atoms with Crippen molar-refractivity contribution in [2.24, 2.45) is 0 Å². The minimum atomic E-state index is -0.419. The van der Waals surface area contributed by atoms with E-state index in [2.05, 4.69) is 15.3 Å². The smallest absolute Gasteiger partial charge is 0.270 e. The number of methoxy groups -OCH3 is 1. The van der Waals surface area contributed by atoms with Crippen LogP contribution < -0.4 is 5.32 Å². The van der Waals surface area contributed by atoms with E-state index in [1.165, 1.54) is 18.6 Å². The van der Waals surface area contributed by atoms with Gasteiger partial charge in [-0.05, 0) is 26.2 Å². The molecule has 0 radical (unpaired) electrons. The largest absolute Gasteiger partial charge is 0.376 e. The Kier molecular flexibility index (Phi) is 4.44. The molecule has 0 atom stereocenters. The maximum Gasteiger partial charge on any atom is 0.270 e. The summed E-state index contributed by atoms with van der Waals surface area (Å²) in [6.45, 7) is 2.57. The molecule has 1 aliphatic carbocycles. The van der Waals surface area contributed by atoms with E-state index in [1.54, 1.807) is 19.2 Å². The molecule has 126 valence electrons. The Balaban J connectivity index is 1.83. The molecule has 0 aliphatic heterocycles. The second-order valence-corrected chi connectivity index (χ2v) is 6.12. The molecule has 1 heterocycles. The molecule has 2 aromatic rings. The summed E-state index contributed by atoms with van der Waals surface area (Å²) in [6.07, 6.45) is 3.26. The first-order chi connectivity index (χ1) is 11.5. The first kappa shape index (κ1) is 16.3. The van der Waals surface area contributed by atoms with Gasteiger partial charge < -0.3 is 10.1 Å². The van der Waals surface area contributed by atoms with Crippen LogP contribution in [0, 0.1) is 17.0 Å². The SMILES string of the molecule is COC1(CNc2cc(C)nc(-c3cccc([N+](=O)[O-])c3)n2)CCC1. The molecule has 1 aliphatic rings. The molecule has 3 rings (SSSR count). The second kappa shape index (κ2) is 6.52. The Bertz CT molecular complexity index is 754. The Morgan fingerprint density at radius 2 is 2.12 bits per heavy atom. The van der Waals surface area contributed by atoms with Gasteiger partial charge in [0, 0.05) is 43.1 Å². The Morgan fingerprint density at radius 1 is 1.33 bits per heavy atom. The van der Waals surface area contributed by atoms with Crippen LogP contribution >= 0.6 is 0 Å². The van der Waals surface area contributed by atoms with Crippen LogP contribution in [0.5, 0.6) is 0 Å². The van der Waals surface area contributed by atoms with E-state index in [-0.39, 0.29) is 11.3 Å². The zero-order chi connectivity index (χ0) is 17.2. The van der Waals surface area contributed by atoms with Gasteiger partial charge in [0.05, 0.1) is 10.5 Å². The van der Waals surface area contributed by atoms with E-state index in [4.69, 9.17) is 4.74 Å². The minimum absolute atomic E-state index is 0.0277. The molecule has 1 aromatic heterocycles. The molecule has 0 amide bonds. The molecular formula is C17H20N4O3. The van der Waals surface area contributed by atoms with Gasteiger partial charge in [-0.25, -0.2) is 9.97 Å². The van der Waals surface area contributed by atoms with Gasteiger partial charge >= 0.3 is 0 Å². The van der Waals surface area contributed by atoms with E-state index in [9.17, 15) is 10.1 Å². The fourth-order valence-electron chi connectivity index (χ4n) is 2.82. The predicted octanol–water partition coefficient (Wildman–Crippen LogP) is 3.34. The maximum atomic E-state index is 10.9. The highest BCUT2D eigenvalue weighted by molar-refractivity contribution is 5.61. The number of rotatable bonds is 6. The van der Waals surface area contributed by atoms with Crippen LogP contribution in [0.2, 0.25) is 0 Å². The molecule has 0 saturated heterocycles. The van der Waals surface area contributed by atoms with Crippen molar-refractivity contribution in [1.82, 2.24) is 9.97 Å². The van der Waals surface area contributed by atoms with E-state index >= 15 is 0 Å². The van der Waals surface area contributed by atoms with Gasteiger partial charge in [-0.1, -0.05) is 12.1 Å². The molecule has 1 aromatic carbocycles. The van der Waals surface area contributed by atoms with Gasteiger partial charge in [-0.3, -0.25) is 10.1 Å². The van der Waals surface area contributed by atoms with Crippen molar-refractivity contribution >= 4 is 11.5 Å². The summed E-state index contributed by atoms with van der Waals surface area (Å²) in [4.78, 5) is 19.4. The minimum Gasteiger partial charge on any atom is -0.376 e. The van der Waals surface area contributed by atoms with E-state index in [0.717, 1.165) is 18.5 Å². The van der Waals surface area contributed by atoms with Crippen molar-refractivity contribution in [3.8, 4) is 11.4 Å². The van der Waals surface area contributed by atoms with Crippen LogP contribution in [0.25, 0.3) is 11.4 Å². The molecule has 0 bridgehead atoms. The normalized spacial score (nSPS) is 15.6. The summed E-state index contributed by atoms with van der Waals surface area (Å²) in [7, 11) is 1.74. The molecule has 0 spiro atoms. The number of nitro groups is 1. The third kappa shape index (κ3) is 3.35. The molecule has 1 N–H and O–H groups in total. The van der Waals surface area contributed by atoms with Crippen molar-refractivity contribution < 1.29 is 9.66 Å². The summed E-state index contributed by atoms with van der Waals surface area (Å²) in [5.74, 6) is 1.17. The van der Waals surface area contributed by atoms with E-state index in [1.807, 2.05) is 13.0 Å². The topological polar surface area (TPSA) is 90.2 Å². The van der Waals surface area contributed by atoms with Crippen LogP contribution in [0.4, 0.5) is 11.5 Å². The molecule has 7 heteroatoms. The average molecular weight is 328 g/mol. The van der Waals surface area contributed by atoms with Gasteiger partial charge in [0.2, 0.25) is 0 Å². The molecule has 0 unspecified atom stereocenters. The number of hydrogen-bond acceptors (Lipinski definition) is 6. The number of nitro benzene ring substituents is 1. The molecule has 7 nitrogen and oxygen atoms in total. The van der Waals surface area contributed by atoms with Gasteiger partial charge in [-0.2, -0.15) is 0 Å². The number of anilines is 1. The van der Waals surface area contributed by atoms with Gasteiger partial charge in [0.25, 0.3) is 5.69 Å². The first-order valence-corrected chi connectivity index (χ1v) is 7.91. The Morgan fingerprint density at radius 3 is 2.75 bits per heavy atom. The highest BCUT2D eigenvalue weighted by Crippen LogP contribution is 2.35. The predicted molar refractivity (Wildman–Crippen MR) is 90.9 cm³/mol. The maximum absolute atomic E-state index is 10.9. The Hall–Kier alpha value is -2.54. The van der Waals surface area contributed by atoms with Gasteiger partial charge in [-0.15, -0.1) is 0 Å². The summed E-state index contributed by atoms with van der Waals surface area (Å²) < 4.78 is 5.60. The summed E-state index contributed by atoms with van der Waals surface area (Å²) >= 11 is 0. The number of non-ortho nitro benzene ring substituents is 1. The zero-order valence-electron chi connectivity index (χ0n) is 13.8. The third-order valence-electron chi connectivity index (χ3n) is 4.46. The molecule has 1 fully saturated rings. The van der Waals surface area contributed by atoms with E-state index < -0.39 is 4.92 Å². The third-order valence-corrected chi connectivity index (χ3v) is 4.46. The molecule has 24 heavy (non-hydrogen) atoms. The van der Waals surface area contributed by atoms with Gasteiger partial charge in [0.15, 0.2) is 5.82 Å². The first-order valence-electron chi connectivity index (χ1n) is 7.91. The van der Waals surface area contributed by atoms with Crippen molar-refractivity contribution in [2.45, 2.75) is 31.8 Å². The fraction of sp³-hybridized carbons (Fsp3) is 0.412. The number of ether oxygens (including phenoxy) is 1. The number of nitrogens with zero attached hydrogens (tertiary/aromatic N) is 3. The second-order valence-electron chi connectivity index (χ2n) is 6.12. The van der Waals surface area contributed by atoms with E-state index in [0.29, 0.717) is 23.8 Å². The number of aromatic nitrogens is 2. The van der Waals surface area contributed by atoms with Crippen LogP contribution in [-0.4, -0.2) is 34.1 Å². The van der Waals surface area contributed by atoms with Crippen molar-refractivity contribution in [3.05, 3.63) is 46.1 Å². The number of aryl methyl sites for hydroxylation is 1. The van der Waals surface area contributed by atoms with Crippen LogP contribution in [0.3, 0.4) is 0 Å². The van der Waals surface area contributed by atoms with Crippen LogP contribution in [0.15, 0.2) is 30.3 Å². The highest BCUT2D eigenvalue weighted by Gasteiger charge is 2.36. The summed E-state index contributed by atoms with van der Waals surface area (Å²) in [5, 5.41) is 14.3. The average Bonchev–Trinajstić information content (AvgIpc) is 2.54. The Labute approximate surface area is 140 Å². The fourth-order valence-corrected chi connectivity index (χ4v) is 2.82. The molecular weight excluding hydrogens is 308 g/mol. The monoisotopic (exact) mass is 328 g/mol. The number of benzene rings is 1. The summed E-state index contributed by atoms with van der Waals surface area (Å²) in [6, 6.07) is 8.22. The van der Waals surface area contributed by atoms with Crippen LogP contribution in [-0.2, 0) is 4.74 Å². The molecule has 1 saturated carbocycles. The standard InChI is InChI=1S/C17H20N4O3/c1-12-9-15(18-11-17(24-2)7-4-8-17)20-16(19-12)13-5-3-6-14(10-13)21(22)23/h3,5-6,9-10H,4,7-8,11H2,1-2H3,(H,18,19,20). The lowest BCUT2D eigenvalue weighted by Crippen LogP contribution is -2.45. The number of hydrogen-bond donors (Lipinski definition) is 1. The van der Waals surface area contributed by atoms with Crippen LogP contribution in [0.1, 0.15) is 25.0 Å². The van der Waals surface area contributed by atoms with Gasteiger partial charge in [0.1, 0.15) is 5.82 Å². The lowest BCUT2D eigenvalue weighted by atomic mass is 9.80. The lowest BCUT2D eigenvalue weighted by molar-refractivity contribution is -0.384. The quantitative estimate of drug-likeness (QED) is 0.646. The summed E-state index contributed by atoms with van der Waals surface area (Å²) in [5.41, 5.74) is 1.35. The van der Waals surface area contributed by atoms with Crippen molar-refractivity contribution in [3.63, 3.8) is 0 Å². The van der Waals surface area contributed by atoms with Crippen molar-refractivity contribution in [2.75, 3.05) is 19.0 Å². The zero-order valence-corrected chi connectivity index (χ0v) is 13.8. The van der Waals surface area contributed by atoms with Crippen molar-refractivity contribution in [1.29, 1.82) is 0 Å². The lowest BCUT2D eigenvalue weighted by Gasteiger charge is -2.40. The number of nitrogens with one attached hydrogen (secondary N) is 1.